The van der Waals surface area contributed by atoms with E-state index in [1.54, 1.807) is 0 Å². The maximum absolute atomic E-state index is 0. The molecular formula is Cl2KLi. The normalized spacial score (nSPS) is 0. The summed E-state index contributed by atoms with van der Waals surface area (Å²) in [5.74, 6) is 0. The van der Waals surface area contributed by atoms with Gasteiger partial charge in [-0.25, -0.2) is 0 Å². The number of hydrogen-bond donors (Lipinski definition) is 0. The van der Waals surface area contributed by atoms with Gasteiger partial charge in [-0.05, 0) is 0 Å². The average molecular weight is 117 g/mol. The molecule has 0 fully saturated rings. The Balaban J connectivity index is 0. The van der Waals surface area contributed by atoms with Crippen LogP contribution in [0.15, 0.2) is 0 Å². The fourth-order valence-electron chi connectivity index (χ4n) is 0. The average Bonchev–Trinajstić information content (AvgIpc) is 0. The maximum Gasteiger partial charge on any atom is 1.00 e. The molecular weight excluding hydrogens is 117 g/mol. The molecule has 4 heavy (non-hydrogen) atoms. The minimum atomic E-state index is 0. The van der Waals surface area contributed by atoms with Gasteiger partial charge in [0.05, 0.1) is 0 Å². The van der Waals surface area contributed by atoms with Crippen molar-refractivity contribution >= 4 is 0 Å². The van der Waals surface area contributed by atoms with E-state index in [0.29, 0.717) is 0 Å². The summed E-state index contributed by atoms with van der Waals surface area (Å²) in [5, 5.41) is 0. The van der Waals surface area contributed by atoms with Gasteiger partial charge in [-0.3, -0.25) is 0 Å². The van der Waals surface area contributed by atoms with Crippen molar-refractivity contribution in [3.05, 3.63) is 0 Å². The molecule has 0 N–H and O–H groups in total. The molecule has 0 aliphatic rings. The molecule has 0 atom stereocenters. The molecule has 0 aromatic heterocycles. The molecule has 4 heteroatoms. The molecule has 0 saturated carbocycles. The summed E-state index contributed by atoms with van der Waals surface area (Å²) < 4.78 is 0. The Hall–Kier alpha value is 2.81. The van der Waals surface area contributed by atoms with E-state index in [2.05, 4.69) is 0 Å². The predicted molar refractivity (Wildman–Crippen MR) is 0 cm³/mol. The van der Waals surface area contributed by atoms with E-state index >= 15 is 0 Å². The predicted octanol–water partition coefficient (Wildman–Crippen LogP) is -12.0. The van der Waals surface area contributed by atoms with Crippen LogP contribution in [0.3, 0.4) is 0 Å². The van der Waals surface area contributed by atoms with Crippen LogP contribution in [0.5, 0.6) is 0 Å². The molecule has 0 aromatic rings. The van der Waals surface area contributed by atoms with Crippen molar-refractivity contribution in [1.29, 1.82) is 0 Å². The molecule has 0 rings (SSSR count). The summed E-state index contributed by atoms with van der Waals surface area (Å²) in [6, 6.07) is 0. The summed E-state index contributed by atoms with van der Waals surface area (Å²) in [7, 11) is 0. The Bertz CT molecular complexity index is 6.00. The van der Waals surface area contributed by atoms with Gasteiger partial charge in [0.2, 0.25) is 0 Å². The summed E-state index contributed by atoms with van der Waals surface area (Å²) >= 11 is 0. The second kappa shape index (κ2) is 17.0. The first-order chi connectivity index (χ1) is 0. The van der Waals surface area contributed by atoms with Crippen LogP contribution in [0.2, 0.25) is 0 Å². The van der Waals surface area contributed by atoms with Gasteiger partial charge < -0.3 is 24.8 Å². The Morgan fingerprint density at radius 1 is 0.750 bits per heavy atom. The van der Waals surface area contributed by atoms with Gasteiger partial charge in [0.1, 0.15) is 0 Å². The largest absolute Gasteiger partial charge is 1.00 e. The van der Waals surface area contributed by atoms with Crippen LogP contribution in [0.25, 0.3) is 0 Å². The molecule has 16 valence electrons. The van der Waals surface area contributed by atoms with Crippen molar-refractivity contribution in [2.24, 2.45) is 0 Å². The molecule has 0 saturated heterocycles. The van der Waals surface area contributed by atoms with Crippen molar-refractivity contribution in [3.8, 4) is 0 Å². The fourth-order valence-corrected chi connectivity index (χ4v) is 0. The van der Waals surface area contributed by atoms with E-state index < -0.39 is 0 Å². The molecule has 0 amide bonds. The first kappa shape index (κ1) is 29.1. The standard InChI is InChI=1S/2ClH.K.Li/h2*1H;;/q;;2*+1/p-2. The Kier molecular flexibility index (Phi) is 124. The topological polar surface area (TPSA) is 0 Å². The van der Waals surface area contributed by atoms with Crippen molar-refractivity contribution in [2.45, 2.75) is 0 Å². The van der Waals surface area contributed by atoms with E-state index in [1.807, 2.05) is 0 Å². The third-order valence-electron chi connectivity index (χ3n) is 0. The second-order valence-electron chi connectivity index (χ2n) is 0. The van der Waals surface area contributed by atoms with Crippen LogP contribution in [-0.2, 0) is 0 Å². The summed E-state index contributed by atoms with van der Waals surface area (Å²) in [4.78, 5) is 0. The first-order valence-corrected chi connectivity index (χ1v) is 0. The minimum Gasteiger partial charge on any atom is -1.00 e. The van der Waals surface area contributed by atoms with Crippen LogP contribution in [0.4, 0.5) is 0 Å². The number of hydrogen-bond acceptors (Lipinski definition) is 0. The summed E-state index contributed by atoms with van der Waals surface area (Å²) in [6.45, 7) is 0. The quantitative estimate of drug-likeness (QED) is 0.276. The van der Waals surface area contributed by atoms with E-state index in [-0.39, 0.29) is 95.1 Å². The van der Waals surface area contributed by atoms with Gasteiger partial charge in [-0.15, -0.1) is 0 Å². The van der Waals surface area contributed by atoms with E-state index in [4.69, 9.17) is 0 Å². The van der Waals surface area contributed by atoms with Crippen LogP contribution in [-0.4, -0.2) is 0 Å². The van der Waals surface area contributed by atoms with Crippen molar-refractivity contribution < 1.29 is 95.1 Å². The summed E-state index contributed by atoms with van der Waals surface area (Å²) in [6.07, 6.45) is 0. The zero-order valence-electron chi connectivity index (χ0n) is 2.76. The second-order valence-corrected chi connectivity index (χ2v) is 0. The molecule has 0 aromatic carbocycles. The molecule has 0 unspecified atom stereocenters. The molecule has 0 aliphatic carbocycles. The van der Waals surface area contributed by atoms with Crippen LogP contribution < -0.4 is 95.1 Å². The molecule has 0 spiro atoms. The third kappa shape index (κ3) is 8.84. The number of halogens is 2. The van der Waals surface area contributed by atoms with Gasteiger partial charge in [-0.2, -0.15) is 0 Å². The van der Waals surface area contributed by atoms with Crippen molar-refractivity contribution in [2.75, 3.05) is 0 Å². The first-order valence-electron chi connectivity index (χ1n) is 0. The van der Waals surface area contributed by atoms with Gasteiger partial charge in [0.25, 0.3) is 0 Å². The molecule has 0 bridgehead atoms. The maximum atomic E-state index is 0. The zero-order valence-corrected chi connectivity index (χ0v) is 7.39. The van der Waals surface area contributed by atoms with Crippen molar-refractivity contribution in [3.63, 3.8) is 0 Å². The molecule has 0 radical (unpaired) electrons. The van der Waals surface area contributed by atoms with Crippen LogP contribution in [0, 0.1) is 0 Å². The van der Waals surface area contributed by atoms with Gasteiger partial charge in [-0.1, -0.05) is 0 Å². The Labute approximate surface area is 92.9 Å². The number of rotatable bonds is 0. The minimum absolute atomic E-state index is 0. The van der Waals surface area contributed by atoms with E-state index in [9.17, 15) is 0 Å². The van der Waals surface area contributed by atoms with Crippen LogP contribution in [0.1, 0.15) is 0 Å². The van der Waals surface area contributed by atoms with Gasteiger partial charge in [0.15, 0.2) is 0 Å². The molecule has 0 nitrogen and oxygen atoms in total. The van der Waals surface area contributed by atoms with Crippen molar-refractivity contribution in [1.82, 2.24) is 0 Å². The SMILES string of the molecule is [Cl-].[Cl-].[K+].[Li+]. The smallest absolute Gasteiger partial charge is 1.00 e. The molecule has 0 aliphatic heterocycles. The van der Waals surface area contributed by atoms with Gasteiger partial charge >= 0.3 is 70.2 Å². The summed E-state index contributed by atoms with van der Waals surface area (Å²) in [5.41, 5.74) is 0. The fraction of sp³-hybridized carbons (Fsp3) is 0. The van der Waals surface area contributed by atoms with Gasteiger partial charge in [0, 0.05) is 0 Å². The van der Waals surface area contributed by atoms with E-state index in [0.717, 1.165) is 0 Å². The van der Waals surface area contributed by atoms with E-state index in [1.165, 1.54) is 0 Å². The Morgan fingerprint density at radius 3 is 0.750 bits per heavy atom. The zero-order chi connectivity index (χ0) is 0. The molecule has 0 heterocycles. The third-order valence-corrected chi connectivity index (χ3v) is 0. The van der Waals surface area contributed by atoms with Crippen LogP contribution >= 0.6 is 0 Å². The Morgan fingerprint density at radius 2 is 0.750 bits per heavy atom. The monoisotopic (exact) mass is 116 g/mol.